The molecule has 2 fully saturated rings. The van der Waals surface area contributed by atoms with Crippen molar-refractivity contribution in [1.29, 1.82) is 0 Å². The van der Waals surface area contributed by atoms with Crippen LogP contribution in [0.3, 0.4) is 0 Å². The Hall–Kier alpha value is -2.79. The molecule has 11 heteroatoms. The van der Waals surface area contributed by atoms with Crippen LogP contribution >= 0.6 is 11.3 Å². The van der Waals surface area contributed by atoms with Gasteiger partial charge in [0.05, 0.1) is 18.1 Å². The lowest BCUT2D eigenvalue weighted by molar-refractivity contribution is -0.141. The highest BCUT2D eigenvalue weighted by Gasteiger charge is 2.41. The number of nitrogens with zero attached hydrogens (tertiary/aromatic N) is 4. The van der Waals surface area contributed by atoms with Gasteiger partial charge in [0.25, 0.3) is 0 Å². The molecule has 2 aliphatic rings. The SMILES string of the molecule is FC(F)(F)c1ccnc(Nc2cc(-c3cnc(C4(F)CCC4)s3)cc(N3CCOCC3)c2)n1. The Labute approximate surface area is 191 Å². The Morgan fingerprint density at radius 3 is 2.58 bits per heavy atom. The second kappa shape index (κ2) is 8.53. The van der Waals surface area contributed by atoms with Gasteiger partial charge in [-0.3, -0.25) is 0 Å². The van der Waals surface area contributed by atoms with Gasteiger partial charge in [0.1, 0.15) is 10.7 Å². The van der Waals surface area contributed by atoms with Gasteiger partial charge in [-0.2, -0.15) is 13.2 Å². The van der Waals surface area contributed by atoms with E-state index in [2.05, 4.69) is 25.2 Å². The average Bonchev–Trinajstić information content (AvgIpc) is 3.28. The van der Waals surface area contributed by atoms with Crippen molar-refractivity contribution in [3.8, 4) is 10.4 Å². The van der Waals surface area contributed by atoms with Crippen molar-refractivity contribution < 1.29 is 22.3 Å². The van der Waals surface area contributed by atoms with Gasteiger partial charge < -0.3 is 15.0 Å². The summed E-state index contributed by atoms with van der Waals surface area (Å²) in [5.41, 5.74) is -0.177. The number of morpholine rings is 1. The van der Waals surface area contributed by atoms with E-state index in [9.17, 15) is 17.6 Å². The number of thiazole rings is 1. The third-order valence-corrected chi connectivity index (χ3v) is 7.04. The normalized spacial score (nSPS) is 18.1. The number of alkyl halides is 4. The highest BCUT2D eigenvalue weighted by atomic mass is 32.1. The number of halogens is 4. The zero-order valence-corrected chi connectivity index (χ0v) is 18.3. The Morgan fingerprint density at radius 2 is 1.88 bits per heavy atom. The first kappa shape index (κ1) is 22.0. The molecule has 0 unspecified atom stereocenters. The summed E-state index contributed by atoms with van der Waals surface area (Å²) in [5.74, 6) is -0.155. The number of rotatable bonds is 5. The van der Waals surface area contributed by atoms with Gasteiger partial charge in [-0.25, -0.2) is 19.3 Å². The van der Waals surface area contributed by atoms with Crippen LogP contribution in [-0.4, -0.2) is 41.3 Å². The van der Waals surface area contributed by atoms with E-state index in [0.29, 0.717) is 49.8 Å². The molecule has 0 amide bonds. The van der Waals surface area contributed by atoms with E-state index in [0.717, 1.165) is 34.8 Å². The first-order chi connectivity index (χ1) is 15.8. The third kappa shape index (κ3) is 4.65. The second-order valence-electron chi connectivity index (χ2n) is 8.10. The van der Waals surface area contributed by atoms with E-state index in [1.807, 2.05) is 12.1 Å². The van der Waals surface area contributed by atoms with E-state index in [4.69, 9.17) is 4.74 Å². The summed E-state index contributed by atoms with van der Waals surface area (Å²) in [6.45, 7) is 2.53. The molecule has 1 aromatic carbocycles. The van der Waals surface area contributed by atoms with Gasteiger partial charge in [0.15, 0.2) is 5.67 Å². The number of hydrogen-bond donors (Lipinski definition) is 1. The maximum Gasteiger partial charge on any atom is 0.433 e. The monoisotopic (exact) mass is 479 g/mol. The molecule has 6 nitrogen and oxygen atoms in total. The Balaban J connectivity index is 1.50. The van der Waals surface area contributed by atoms with Crippen molar-refractivity contribution in [2.45, 2.75) is 31.1 Å². The number of benzene rings is 1. The van der Waals surface area contributed by atoms with E-state index in [-0.39, 0.29) is 5.95 Å². The predicted octanol–water partition coefficient (Wildman–Crippen LogP) is 5.55. The quantitative estimate of drug-likeness (QED) is 0.485. The summed E-state index contributed by atoms with van der Waals surface area (Å²) < 4.78 is 59.5. The molecular formula is C22H21F4N5OS. The number of hydrogen-bond acceptors (Lipinski definition) is 7. The summed E-state index contributed by atoms with van der Waals surface area (Å²) in [7, 11) is 0. The van der Waals surface area contributed by atoms with Crippen LogP contribution in [0, 0.1) is 0 Å². The highest BCUT2D eigenvalue weighted by molar-refractivity contribution is 7.15. The largest absolute Gasteiger partial charge is 0.433 e. The maximum absolute atomic E-state index is 14.8. The van der Waals surface area contributed by atoms with Crippen LogP contribution in [0.5, 0.6) is 0 Å². The van der Waals surface area contributed by atoms with Crippen LogP contribution in [0.25, 0.3) is 10.4 Å². The van der Waals surface area contributed by atoms with E-state index >= 15 is 0 Å². The van der Waals surface area contributed by atoms with E-state index < -0.39 is 17.5 Å². The molecule has 0 spiro atoms. The van der Waals surface area contributed by atoms with Crippen molar-refractivity contribution in [3.63, 3.8) is 0 Å². The zero-order chi connectivity index (χ0) is 23.1. The standard InChI is InChI=1S/C22H21F4N5OS/c23-21(3-1-4-21)19-28-13-17(33-19)14-10-15(12-16(11-14)31-6-8-32-9-7-31)29-20-27-5-2-18(30-20)22(24,25)26/h2,5,10-13H,1,3-4,6-9H2,(H,27,29,30). The van der Waals surface area contributed by atoms with Crippen molar-refractivity contribution in [3.05, 3.63) is 47.4 Å². The van der Waals surface area contributed by atoms with Crippen molar-refractivity contribution in [2.24, 2.45) is 0 Å². The molecule has 1 saturated heterocycles. The minimum Gasteiger partial charge on any atom is -0.378 e. The van der Waals surface area contributed by atoms with Crippen LogP contribution < -0.4 is 10.2 Å². The maximum atomic E-state index is 14.8. The summed E-state index contributed by atoms with van der Waals surface area (Å²) in [6.07, 6.45) is -0.0325. The summed E-state index contributed by atoms with van der Waals surface area (Å²) >= 11 is 1.31. The molecule has 0 atom stereocenters. The van der Waals surface area contributed by atoms with Crippen LogP contribution in [0.1, 0.15) is 30.0 Å². The van der Waals surface area contributed by atoms with Gasteiger partial charge in [-0.15, -0.1) is 11.3 Å². The molecule has 0 radical (unpaired) electrons. The van der Waals surface area contributed by atoms with Gasteiger partial charge in [0, 0.05) is 36.9 Å². The second-order valence-corrected chi connectivity index (χ2v) is 9.14. The fraction of sp³-hybridized carbons (Fsp3) is 0.409. The zero-order valence-electron chi connectivity index (χ0n) is 17.5. The summed E-state index contributed by atoms with van der Waals surface area (Å²) in [6, 6.07) is 6.43. The number of aromatic nitrogens is 3. The molecule has 0 bridgehead atoms. The smallest absolute Gasteiger partial charge is 0.378 e. The molecule has 1 aliphatic heterocycles. The number of nitrogens with one attached hydrogen (secondary N) is 1. The Bertz CT molecular complexity index is 1140. The van der Waals surface area contributed by atoms with E-state index in [1.165, 1.54) is 11.3 Å². The lowest BCUT2D eigenvalue weighted by Gasteiger charge is -2.31. The molecule has 33 heavy (non-hydrogen) atoms. The Morgan fingerprint density at radius 1 is 1.09 bits per heavy atom. The predicted molar refractivity (Wildman–Crippen MR) is 118 cm³/mol. The molecule has 174 valence electrons. The fourth-order valence-electron chi connectivity index (χ4n) is 3.85. The molecule has 1 aliphatic carbocycles. The Kier molecular flexibility index (Phi) is 5.69. The average molecular weight is 480 g/mol. The molecule has 3 heterocycles. The van der Waals surface area contributed by atoms with Gasteiger partial charge in [-0.05, 0) is 49.1 Å². The van der Waals surface area contributed by atoms with Gasteiger partial charge >= 0.3 is 6.18 Å². The minimum absolute atomic E-state index is 0.155. The molecule has 3 aromatic rings. The molecule has 1 saturated carbocycles. The highest BCUT2D eigenvalue weighted by Crippen LogP contribution is 2.47. The van der Waals surface area contributed by atoms with E-state index in [1.54, 1.807) is 12.3 Å². The first-order valence-electron chi connectivity index (χ1n) is 10.6. The van der Waals surface area contributed by atoms with Crippen LogP contribution in [-0.2, 0) is 16.6 Å². The lowest BCUT2D eigenvalue weighted by atomic mass is 9.83. The van der Waals surface area contributed by atoms with Crippen LogP contribution in [0.4, 0.5) is 34.9 Å². The summed E-state index contributed by atoms with van der Waals surface area (Å²) in [4.78, 5) is 14.8. The van der Waals surface area contributed by atoms with Crippen LogP contribution in [0.2, 0.25) is 0 Å². The topological polar surface area (TPSA) is 63.2 Å². The van der Waals surface area contributed by atoms with Gasteiger partial charge in [0.2, 0.25) is 5.95 Å². The lowest BCUT2D eigenvalue weighted by Crippen LogP contribution is -2.36. The molecule has 2 aromatic heterocycles. The summed E-state index contributed by atoms with van der Waals surface area (Å²) in [5, 5.41) is 3.36. The van der Waals surface area contributed by atoms with Crippen molar-refractivity contribution in [2.75, 3.05) is 36.5 Å². The molecule has 5 rings (SSSR count). The third-order valence-electron chi connectivity index (χ3n) is 5.82. The molecular weight excluding hydrogens is 458 g/mol. The van der Waals surface area contributed by atoms with Crippen molar-refractivity contribution in [1.82, 2.24) is 15.0 Å². The van der Waals surface area contributed by atoms with Gasteiger partial charge in [-0.1, -0.05) is 0 Å². The fourth-order valence-corrected chi connectivity index (χ4v) is 4.89. The first-order valence-corrected chi connectivity index (χ1v) is 11.4. The van der Waals surface area contributed by atoms with Crippen LogP contribution in [0.15, 0.2) is 36.7 Å². The van der Waals surface area contributed by atoms with Crippen molar-refractivity contribution >= 4 is 28.7 Å². The number of ether oxygens (including phenoxy) is 1. The minimum atomic E-state index is -4.57. The number of anilines is 3. The molecule has 1 N–H and O–H groups in total.